The summed E-state index contributed by atoms with van der Waals surface area (Å²) >= 11 is 0. The maximum absolute atomic E-state index is 13.9. The van der Waals surface area contributed by atoms with Crippen molar-refractivity contribution in [3.63, 3.8) is 0 Å². The van der Waals surface area contributed by atoms with Crippen LogP contribution < -0.4 is 16.0 Å². The molecule has 3 aromatic rings. The molecule has 8 nitrogen and oxygen atoms in total. The molecule has 0 bridgehead atoms. The van der Waals surface area contributed by atoms with E-state index in [1.54, 1.807) is 13.1 Å². The van der Waals surface area contributed by atoms with E-state index in [0.717, 1.165) is 6.92 Å². The number of nitrogens with one attached hydrogen (secondary N) is 3. The number of halogens is 3. The van der Waals surface area contributed by atoms with Crippen molar-refractivity contribution in [3.8, 4) is 0 Å². The van der Waals surface area contributed by atoms with E-state index in [0.29, 0.717) is 5.82 Å². The fraction of sp³-hybridized carbons (Fsp3) is 0.333. The van der Waals surface area contributed by atoms with Crippen molar-refractivity contribution in [2.45, 2.75) is 31.5 Å². The summed E-state index contributed by atoms with van der Waals surface area (Å²) in [4.78, 5) is 20.6. The standard InChI is InChI=1S/C18H18F3N7O/c1-18(20,21)15-11(4-3-5-23-15)25-13-7-14(22-2)28-16(27-13)9(8-24-28)17(29)26-12-6-10(12)19/h3-5,7-8,10,12,22H,6H2,1-2H3,(H,25,27)(H,26,29)/t10-,12+/m1/s1. The van der Waals surface area contributed by atoms with E-state index in [1.807, 2.05) is 0 Å². The molecule has 1 fully saturated rings. The average molecular weight is 405 g/mol. The lowest BCUT2D eigenvalue weighted by atomic mass is 10.2. The largest absolute Gasteiger partial charge is 0.373 e. The molecular formula is C18H18F3N7O. The van der Waals surface area contributed by atoms with Crippen LogP contribution in [0.15, 0.2) is 30.6 Å². The second kappa shape index (κ2) is 6.90. The Bertz CT molecular complexity index is 1080. The lowest BCUT2D eigenvalue weighted by molar-refractivity contribution is 0.0136. The van der Waals surface area contributed by atoms with Gasteiger partial charge in [-0.15, -0.1) is 0 Å². The van der Waals surface area contributed by atoms with Crippen LogP contribution in [0.1, 0.15) is 29.4 Å². The number of hydrogen-bond acceptors (Lipinski definition) is 6. The Morgan fingerprint density at radius 2 is 2.14 bits per heavy atom. The second-order valence-corrected chi connectivity index (χ2v) is 6.81. The third kappa shape index (κ3) is 3.67. The first-order chi connectivity index (χ1) is 13.8. The molecule has 0 aromatic carbocycles. The van der Waals surface area contributed by atoms with Gasteiger partial charge in [0.25, 0.3) is 11.8 Å². The third-order valence-electron chi connectivity index (χ3n) is 4.49. The Balaban J connectivity index is 1.72. The van der Waals surface area contributed by atoms with Crippen LogP contribution in [-0.4, -0.2) is 44.8 Å². The Morgan fingerprint density at radius 1 is 1.38 bits per heavy atom. The maximum Gasteiger partial charge on any atom is 0.289 e. The molecule has 29 heavy (non-hydrogen) atoms. The molecule has 1 aliphatic carbocycles. The number of anilines is 3. The van der Waals surface area contributed by atoms with Crippen molar-refractivity contribution in [1.82, 2.24) is 24.9 Å². The topological polar surface area (TPSA) is 96.2 Å². The summed E-state index contributed by atoms with van der Waals surface area (Å²) in [7, 11) is 1.65. The SMILES string of the molecule is CNc1cc(Nc2cccnc2C(C)(F)F)nc2c(C(=O)N[C@H]3C[C@H]3F)cnn12. The molecule has 3 heterocycles. The van der Waals surface area contributed by atoms with E-state index in [4.69, 9.17) is 0 Å². The van der Waals surface area contributed by atoms with E-state index in [2.05, 4.69) is 31.0 Å². The highest BCUT2D eigenvalue weighted by Gasteiger charge is 2.39. The fourth-order valence-electron chi connectivity index (χ4n) is 2.92. The molecule has 1 amide bonds. The zero-order valence-corrected chi connectivity index (χ0v) is 15.6. The van der Waals surface area contributed by atoms with Crippen molar-refractivity contribution >= 4 is 28.9 Å². The van der Waals surface area contributed by atoms with Gasteiger partial charge in [-0.25, -0.2) is 9.37 Å². The highest BCUT2D eigenvalue weighted by Crippen LogP contribution is 2.33. The lowest BCUT2D eigenvalue weighted by Crippen LogP contribution is -2.27. The Morgan fingerprint density at radius 3 is 2.79 bits per heavy atom. The van der Waals surface area contributed by atoms with E-state index in [1.165, 1.54) is 29.0 Å². The van der Waals surface area contributed by atoms with Crippen LogP contribution >= 0.6 is 0 Å². The summed E-state index contributed by atoms with van der Waals surface area (Å²) in [5.74, 6) is -2.97. The second-order valence-electron chi connectivity index (χ2n) is 6.81. The van der Waals surface area contributed by atoms with Gasteiger partial charge in [0.15, 0.2) is 5.65 Å². The van der Waals surface area contributed by atoms with Gasteiger partial charge in [0, 0.05) is 32.7 Å². The Labute approximate surface area is 163 Å². The van der Waals surface area contributed by atoms with Gasteiger partial charge in [0.1, 0.15) is 29.1 Å². The number of alkyl halides is 3. The zero-order valence-electron chi connectivity index (χ0n) is 15.6. The summed E-state index contributed by atoms with van der Waals surface area (Å²) in [6.45, 7) is 0.756. The van der Waals surface area contributed by atoms with E-state index >= 15 is 0 Å². The van der Waals surface area contributed by atoms with Crippen LogP contribution in [0.5, 0.6) is 0 Å². The summed E-state index contributed by atoms with van der Waals surface area (Å²) < 4.78 is 42.2. The summed E-state index contributed by atoms with van der Waals surface area (Å²) in [6.07, 6.45) is 1.84. The van der Waals surface area contributed by atoms with Gasteiger partial charge >= 0.3 is 0 Å². The summed E-state index contributed by atoms with van der Waals surface area (Å²) in [6, 6.07) is 4.04. The van der Waals surface area contributed by atoms with Crippen LogP contribution in [0.4, 0.5) is 30.5 Å². The molecule has 1 aliphatic rings. The van der Waals surface area contributed by atoms with Gasteiger partial charge in [-0.1, -0.05) is 0 Å². The van der Waals surface area contributed by atoms with E-state index < -0.39 is 29.7 Å². The minimum atomic E-state index is -3.16. The number of hydrogen-bond donors (Lipinski definition) is 3. The van der Waals surface area contributed by atoms with Crippen molar-refractivity contribution in [2.24, 2.45) is 0 Å². The van der Waals surface area contributed by atoms with E-state index in [9.17, 15) is 18.0 Å². The molecule has 4 rings (SSSR count). The lowest BCUT2D eigenvalue weighted by Gasteiger charge is -2.16. The van der Waals surface area contributed by atoms with Crippen LogP contribution in [0.3, 0.4) is 0 Å². The highest BCUT2D eigenvalue weighted by atomic mass is 19.3. The molecular weight excluding hydrogens is 387 g/mol. The first-order valence-corrected chi connectivity index (χ1v) is 8.89. The van der Waals surface area contributed by atoms with Crippen molar-refractivity contribution in [2.75, 3.05) is 17.7 Å². The van der Waals surface area contributed by atoms with Gasteiger partial charge in [0.05, 0.1) is 17.9 Å². The smallest absolute Gasteiger partial charge is 0.289 e. The molecule has 3 aromatic heterocycles. The van der Waals surface area contributed by atoms with Crippen LogP contribution in [0.25, 0.3) is 5.65 Å². The highest BCUT2D eigenvalue weighted by molar-refractivity contribution is 6.00. The van der Waals surface area contributed by atoms with Gasteiger partial charge in [-0.3, -0.25) is 9.78 Å². The Hall–Kier alpha value is -3.37. The van der Waals surface area contributed by atoms with Crippen molar-refractivity contribution in [1.29, 1.82) is 0 Å². The molecule has 1 saturated carbocycles. The van der Waals surface area contributed by atoms with Crippen LogP contribution in [0.2, 0.25) is 0 Å². The number of fused-ring (bicyclic) bond motifs is 1. The quantitative estimate of drug-likeness (QED) is 0.584. The van der Waals surface area contributed by atoms with Crippen LogP contribution in [-0.2, 0) is 5.92 Å². The molecule has 152 valence electrons. The maximum atomic E-state index is 13.9. The third-order valence-corrected chi connectivity index (χ3v) is 4.49. The molecule has 11 heteroatoms. The first-order valence-electron chi connectivity index (χ1n) is 8.89. The fourth-order valence-corrected chi connectivity index (χ4v) is 2.92. The van der Waals surface area contributed by atoms with Crippen LogP contribution in [0, 0.1) is 0 Å². The monoisotopic (exact) mass is 405 g/mol. The molecule has 0 radical (unpaired) electrons. The number of pyridine rings is 1. The minimum absolute atomic E-state index is 0.0858. The van der Waals surface area contributed by atoms with Gasteiger partial charge in [-0.05, 0) is 12.1 Å². The number of aromatic nitrogens is 4. The number of amides is 1. The molecule has 0 spiro atoms. The average Bonchev–Trinajstić information content (AvgIpc) is 3.19. The molecule has 2 atom stereocenters. The summed E-state index contributed by atoms with van der Waals surface area (Å²) in [5.41, 5.74) is 0.00244. The molecule has 0 aliphatic heterocycles. The predicted octanol–water partition coefficient (Wildman–Crippen LogP) is 2.86. The Kier molecular flexibility index (Phi) is 4.52. The van der Waals surface area contributed by atoms with Gasteiger partial charge < -0.3 is 16.0 Å². The summed E-state index contributed by atoms with van der Waals surface area (Å²) in [5, 5.41) is 12.5. The predicted molar refractivity (Wildman–Crippen MR) is 100 cm³/mol. The van der Waals surface area contributed by atoms with E-state index in [-0.39, 0.29) is 29.1 Å². The number of rotatable bonds is 6. The van der Waals surface area contributed by atoms with Gasteiger partial charge in [-0.2, -0.15) is 18.4 Å². The number of carbonyl (C=O) groups excluding carboxylic acids is 1. The van der Waals surface area contributed by atoms with Gasteiger partial charge in [0.2, 0.25) is 0 Å². The molecule has 3 N–H and O–H groups in total. The first kappa shape index (κ1) is 19.0. The minimum Gasteiger partial charge on any atom is -0.373 e. The zero-order chi connectivity index (χ0) is 20.8. The van der Waals surface area contributed by atoms with Crippen molar-refractivity contribution < 1.29 is 18.0 Å². The normalized spacial score (nSPS) is 18.5. The number of nitrogens with zero attached hydrogens (tertiary/aromatic N) is 4. The molecule has 0 unspecified atom stereocenters. The van der Waals surface area contributed by atoms with Crippen molar-refractivity contribution in [3.05, 3.63) is 41.9 Å². The number of carbonyl (C=O) groups is 1. The molecule has 0 saturated heterocycles.